The molecule has 2 nitrogen and oxygen atoms in total. The van der Waals surface area contributed by atoms with Crippen molar-refractivity contribution in [1.29, 1.82) is 0 Å². The van der Waals surface area contributed by atoms with Gasteiger partial charge in [-0.1, -0.05) is 6.92 Å². The van der Waals surface area contributed by atoms with Crippen molar-refractivity contribution in [2.24, 2.45) is 11.3 Å². The average Bonchev–Trinajstić information content (AvgIpc) is 2.10. The second-order valence-corrected chi connectivity index (χ2v) is 5.75. The Labute approximate surface area is 113 Å². The third-order valence-corrected chi connectivity index (χ3v) is 3.14. The Bertz CT molecular complexity index is 340. The largest absolute Gasteiger partial charge is 0.458 e. The van der Waals surface area contributed by atoms with Gasteiger partial charge in [0, 0.05) is 0 Å². The Morgan fingerprint density at radius 2 is 1.30 bits per heavy atom. The van der Waals surface area contributed by atoms with Crippen LogP contribution in [0.4, 0.5) is 26.3 Å². The molecule has 0 aliphatic rings. The maximum absolute atomic E-state index is 12.6. The average molecular weight is 308 g/mol. The van der Waals surface area contributed by atoms with Gasteiger partial charge in [0.1, 0.15) is 5.60 Å². The van der Waals surface area contributed by atoms with E-state index in [2.05, 4.69) is 4.74 Å². The van der Waals surface area contributed by atoms with Crippen molar-refractivity contribution in [2.75, 3.05) is 0 Å². The smallest absolute Gasteiger partial charge is 0.404 e. The van der Waals surface area contributed by atoms with Gasteiger partial charge in [0.15, 0.2) is 5.92 Å². The van der Waals surface area contributed by atoms with E-state index in [4.69, 9.17) is 0 Å². The first-order chi connectivity index (χ1) is 8.55. The van der Waals surface area contributed by atoms with Crippen molar-refractivity contribution < 1.29 is 35.9 Å². The van der Waals surface area contributed by atoms with Gasteiger partial charge in [0.25, 0.3) is 0 Å². The van der Waals surface area contributed by atoms with E-state index < -0.39 is 35.3 Å². The first-order valence-electron chi connectivity index (χ1n) is 5.92. The van der Waals surface area contributed by atoms with Crippen molar-refractivity contribution in [3.05, 3.63) is 0 Å². The molecule has 0 rings (SSSR count). The second kappa shape index (κ2) is 5.44. The van der Waals surface area contributed by atoms with Crippen LogP contribution in [0.25, 0.3) is 0 Å². The van der Waals surface area contributed by atoms with Crippen LogP contribution >= 0.6 is 0 Å². The monoisotopic (exact) mass is 308 g/mol. The van der Waals surface area contributed by atoms with Gasteiger partial charge in [-0.25, -0.2) is 0 Å². The molecule has 0 fully saturated rings. The zero-order valence-electron chi connectivity index (χ0n) is 11.9. The lowest BCUT2D eigenvalue weighted by Crippen LogP contribution is -2.53. The van der Waals surface area contributed by atoms with Gasteiger partial charge in [0.05, 0.1) is 5.41 Å². The summed E-state index contributed by atoms with van der Waals surface area (Å²) in [6.07, 6.45) is -10.9. The van der Waals surface area contributed by atoms with Crippen LogP contribution in [0.1, 0.15) is 41.0 Å². The van der Waals surface area contributed by atoms with Gasteiger partial charge in [-0.3, -0.25) is 4.79 Å². The van der Waals surface area contributed by atoms with Crippen molar-refractivity contribution >= 4 is 5.97 Å². The van der Waals surface area contributed by atoms with Gasteiger partial charge in [-0.05, 0) is 34.1 Å². The van der Waals surface area contributed by atoms with Crippen molar-refractivity contribution in [2.45, 2.75) is 59.0 Å². The van der Waals surface area contributed by atoms with Crippen LogP contribution in [0.2, 0.25) is 0 Å². The quantitative estimate of drug-likeness (QED) is 0.565. The summed E-state index contributed by atoms with van der Waals surface area (Å²) in [6, 6.07) is 0. The molecular weight excluding hydrogens is 290 g/mol. The highest BCUT2D eigenvalue weighted by molar-refractivity contribution is 5.76. The van der Waals surface area contributed by atoms with E-state index in [0.717, 1.165) is 0 Å². The number of rotatable bonds is 4. The number of esters is 1. The van der Waals surface area contributed by atoms with Gasteiger partial charge >= 0.3 is 18.3 Å². The molecule has 0 bridgehead atoms. The van der Waals surface area contributed by atoms with E-state index in [1.165, 1.54) is 13.8 Å². The highest BCUT2D eigenvalue weighted by Gasteiger charge is 2.65. The van der Waals surface area contributed by atoms with Crippen molar-refractivity contribution in [1.82, 2.24) is 0 Å². The molecule has 0 saturated carbocycles. The summed E-state index contributed by atoms with van der Waals surface area (Å²) in [6.45, 7) is 5.59. The van der Waals surface area contributed by atoms with Gasteiger partial charge < -0.3 is 4.74 Å². The van der Waals surface area contributed by atoms with Crippen molar-refractivity contribution in [3.63, 3.8) is 0 Å². The summed E-state index contributed by atoms with van der Waals surface area (Å²) in [4.78, 5) is 11.7. The summed E-state index contributed by atoms with van der Waals surface area (Å²) in [5.41, 5.74) is -3.89. The molecule has 0 aromatic carbocycles. The standard InChI is InChI=1S/C12H18F6O2/c1-6-9(2,3)8(19)20-10(4,5)7(11(13,14)15)12(16,17)18/h7H,6H2,1-5H3. The molecule has 0 aromatic rings. The molecule has 0 aliphatic heterocycles. The highest BCUT2D eigenvalue weighted by Crippen LogP contribution is 2.47. The SMILES string of the molecule is CCC(C)(C)C(=O)OC(C)(C)C(C(F)(F)F)C(F)(F)F. The molecule has 0 saturated heterocycles. The fraction of sp³-hybridized carbons (Fsp3) is 0.917. The molecule has 0 atom stereocenters. The number of hydrogen-bond acceptors (Lipinski definition) is 2. The molecule has 0 spiro atoms. The van der Waals surface area contributed by atoms with Crippen molar-refractivity contribution in [3.8, 4) is 0 Å². The zero-order valence-corrected chi connectivity index (χ0v) is 11.9. The number of hydrogen-bond donors (Lipinski definition) is 0. The molecule has 8 heteroatoms. The van der Waals surface area contributed by atoms with Crippen LogP contribution in [0, 0.1) is 11.3 Å². The molecule has 0 unspecified atom stereocenters. The zero-order chi connectivity index (χ0) is 16.6. The summed E-state index contributed by atoms with van der Waals surface area (Å²) >= 11 is 0. The Hall–Kier alpha value is -0.950. The lowest BCUT2D eigenvalue weighted by molar-refractivity contribution is -0.324. The second-order valence-electron chi connectivity index (χ2n) is 5.75. The normalized spacial score (nSPS) is 14.6. The van der Waals surface area contributed by atoms with Crippen LogP contribution in [0.15, 0.2) is 0 Å². The minimum absolute atomic E-state index is 0.227. The molecule has 120 valence electrons. The third kappa shape index (κ3) is 4.56. The number of carbonyl (C=O) groups excluding carboxylic acids is 1. The maximum atomic E-state index is 12.6. The van der Waals surface area contributed by atoms with Gasteiger partial charge in [0.2, 0.25) is 0 Å². The molecule has 0 aliphatic carbocycles. The van der Waals surface area contributed by atoms with E-state index >= 15 is 0 Å². The number of halogens is 6. The Morgan fingerprint density at radius 3 is 1.55 bits per heavy atom. The van der Waals surface area contributed by atoms with Crippen LogP contribution in [0.5, 0.6) is 0 Å². The molecule has 0 N–H and O–H groups in total. The lowest BCUT2D eigenvalue weighted by atomic mass is 9.87. The molecule has 0 amide bonds. The summed E-state index contributed by atoms with van der Waals surface area (Å²) in [5, 5.41) is 0. The molecule has 0 heterocycles. The van der Waals surface area contributed by atoms with Crippen LogP contribution in [-0.2, 0) is 9.53 Å². The fourth-order valence-electron chi connectivity index (χ4n) is 1.55. The molecule has 0 radical (unpaired) electrons. The van der Waals surface area contributed by atoms with Gasteiger partial charge in [-0.2, -0.15) is 26.3 Å². The van der Waals surface area contributed by atoms with E-state index in [1.54, 1.807) is 6.92 Å². The number of carbonyl (C=O) groups is 1. The first-order valence-corrected chi connectivity index (χ1v) is 5.92. The highest BCUT2D eigenvalue weighted by atomic mass is 19.4. The van der Waals surface area contributed by atoms with Crippen LogP contribution in [0.3, 0.4) is 0 Å². The summed E-state index contributed by atoms with van der Waals surface area (Å²) in [7, 11) is 0. The summed E-state index contributed by atoms with van der Waals surface area (Å²) < 4.78 is 80.3. The Balaban J connectivity index is 5.43. The summed E-state index contributed by atoms with van der Waals surface area (Å²) in [5.74, 6) is -4.83. The third-order valence-electron chi connectivity index (χ3n) is 3.14. The Kier molecular flexibility index (Phi) is 5.18. The van der Waals surface area contributed by atoms with Gasteiger partial charge in [-0.15, -0.1) is 0 Å². The molecule has 20 heavy (non-hydrogen) atoms. The molecular formula is C12H18F6O2. The predicted molar refractivity (Wildman–Crippen MR) is 59.8 cm³/mol. The van der Waals surface area contributed by atoms with E-state index in [1.807, 2.05) is 0 Å². The number of ether oxygens (including phenoxy) is 1. The lowest BCUT2D eigenvalue weighted by Gasteiger charge is -2.38. The maximum Gasteiger partial charge on any atom is 0.404 e. The van der Waals surface area contributed by atoms with E-state index in [0.29, 0.717) is 13.8 Å². The first kappa shape index (κ1) is 19.1. The minimum Gasteiger partial charge on any atom is -0.458 e. The van der Waals surface area contributed by atoms with Crippen LogP contribution in [-0.4, -0.2) is 23.9 Å². The van der Waals surface area contributed by atoms with E-state index in [-0.39, 0.29) is 6.42 Å². The fourth-order valence-corrected chi connectivity index (χ4v) is 1.55. The Morgan fingerprint density at radius 1 is 0.950 bits per heavy atom. The van der Waals surface area contributed by atoms with E-state index in [9.17, 15) is 31.1 Å². The molecule has 0 aromatic heterocycles. The number of alkyl halides is 6. The predicted octanol–water partition coefficient (Wildman–Crippen LogP) is 4.49. The van der Waals surface area contributed by atoms with Crippen LogP contribution < -0.4 is 0 Å². The topological polar surface area (TPSA) is 26.3 Å². The minimum atomic E-state index is -5.56.